The van der Waals surface area contributed by atoms with Crippen molar-refractivity contribution >= 4 is 17.1 Å². The van der Waals surface area contributed by atoms with Crippen LogP contribution in [0.5, 0.6) is 0 Å². The van der Waals surface area contributed by atoms with E-state index < -0.39 is 0 Å². The van der Waals surface area contributed by atoms with Gasteiger partial charge in [0.2, 0.25) is 0 Å². The number of aromatic nitrogens is 1. The highest BCUT2D eigenvalue weighted by molar-refractivity contribution is 5.79. The van der Waals surface area contributed by atoms with Crippen molar-refractivity contribution < 1.29 is 0 Å². The molecule has 0 aliphatic carbocycles. The van der Waals surface area contributed by atoms with Gasteiger partial charge < -0.3 is 4.90 Å². The van der Waals surface area contributed by atoms with E-state index >= 15 is 0 Å². The summed E-state index contributed by atoms with van der Waals surface area (Å²) >= 11 is 0. The molecule has 0 aliphatic heterocycles. The van der Waals surface area contributed by atoms with Crippen molar-refractivity contribution in [2.24, 2.45) is 0 Å². The zero-order valence-electron chi connectivity index (χ0n) is 15.8. The minimum absolute atomic E-state index is 1.12. The molecule has 0 radical (unpaired) electrons. The summed E-state index contributed by atoms with van der Waals surface area (Å²) < 4.78 is 0. The molecule has 0 saturated heterocycles. The van der Waals surface area contributed by atoms with Gasteiger partial charge >= 0.3 is 0 Å². The monoisotopic (exact) mass is 352 g/mol. The molecule has 2 nitrogen and oxygen atoms in total. The summed E-state index contributed by atoms with van der Waals surface area (Å²) in [5, 5.41) is 0. The molecule has 0 N–H and O–H groups in total. The van der Waals surface area contributed by atoms with Gasteiger partial charge in [-0.1, -0.05) is 68.4 Å². The van der Waals surface area contributed by atoms with Crippen LogP contribution in [0.1, 0.15) is 13.8 Å². The van der Waals surface area contributed by atoms with Gasteiger partial charge in [0, 0.05) is 35.0 Å². The highest BCUT2D eigenvalue weighted by atomic mass is 15.1. The molecule has 0 bridgehead atoms. The third-order valence-corrected chi connectivity index (χ3v) is 4.13. The van der Waals surface area contributed by atoms with Gasteiger partial charge in [-0.05, 0) is 48.0 Å². The number of nitrogens with zero attached hydrogens (tertiary/aromatic N) is 2. The average Bonchev–Trinajstić information content (AvgIpc) is 2.78. The SMILES string of the molecule is CC.c1ccc(N(c2ccccc2)c2cccc(-c3cccnc3)c2)cc1. The first-order valence-electron chi connectivity index (χ1n) is 9.32. The first-order chi connectivity index (χ1) is 13.4. The van der Waals surface area contributed by atoms with Gasteiger partial charge in [0.15, 0.2) is 0 Å². The Morgan fingerprint density at radius 2 is 1.11 bits per heavy atom. The molecule has 0 fully saturated rings. The summed E-state index contributed by atoms with van der Waals surface area (Å²) in [4.78, 5) is 6.50. The van der Waals surface area contributed by atoms with Gasteiger partial charge in [-0.25, -0.2) is 0 Å². The van der Waals surface area contributed by atoms with Crippen LogP contribution in [-0.2, 0) is 0 Å². The summed E-state index contributed by atoms with van der Waals surface area (Å²) in [5.74, 6) is 0. The van der Waals surface area contributed by atoms with Crippen LogP contribution in [0.3, 0.4) is 0 Å². The standard InChI is InChI=1S/C23H18N2.C2H6/c1-3-11-21(12-4-1)25(22-13-5-2-6-14-22)23-15-7-9-19(17-23)20-10-8-16-24-18-20;1-2/h1-18H;1-2H3. The fraction of sp³-hybridized carbons (Fsp3) is 0.0800. The van der Waals surface area contributed by atoms with E-state index in [9.17, 15) is 0 Å². The molecule has 3 aromatic carbocycles. The third kappa shape index (κ3) is 4.42. The maximum atomic E-state index is 4.24. The molecule has 0 aliphatic rings. The number of hydrogen-bond donors (Lipinski definition) is 0. The Morgan fingerprint density at radius 3 is 1.67 bits per heavy atom. The maximum absolute atomic E-state index is 4.24. The molecule has 0 atom stereocenters. The van der Waals surface area contributed by atoms with Crippen molar-refractivity contribution in [2.45, 2.75) is 13.8 Å². The molecule has 0 amide bonds. The lowest BCUT2D eigenvalue weighted by molar-refractivity contribution is 1.28. The number of benzene rings is 3. The first kappa shape index (κ1) is 18.4. The zero-order chi connectivity index (χ0) is 18.9. The van der Waals surface area contributed by atoms with Crippen molar-refractivity contribution in [3.8, 4) is 11.1 Å². The summed E-state index contributed by atoms with van der Waals surface area (Å²) in [7, 11) is 0. The molecule has 1 heterocycles. The molecule has 27 heavy (non-hydrogen) atoms. The first-order valence-corrected chi connectivity index (χ1v) is 9.32. The van der Waals surface area contributed by atoms with Crippen LogP contribution in [0.4, 0.5) is 17.1 Å². The average molecular weight is 352 g/mol. The third-order valence-electron chi connectivity index (χ3n) is 4.13. The predicted octanol–water partition coefficient (Wildman–Crippen LogP) is 7.24. The smallest absolute Gasteiger partial charge is 0.0467 e. The highest BCUT2D eigenvalue weighted by Crippen LogP contribution is 2.35. The van der Waals surface area contributed by atoms with Crippen molar-refractivity contribution in [1.29, 1.82) is 0 Å². The van der Waals surface area contributed by atoms with E-state index in [0.29, 0.717) is 0 Å². The van der Waals surface area contributed by atoms with Crippen LogP contribution in [0, 0.1) is 0 Å². The molecule has 134 valence electrons. The Kier molecular flexibility index (Phi) is 6.37. The number of anilines is 3. The van der Waals surface area contributed by atoms with E-state index in [-0.39, 0.29) is 0 Å². The Morgan fingerprint density at radius 1 is 0.556 bits per heavy atom. The normalized spacial score (nSPS) is 9.85. The van der Waals surface area contributed by atoms with Crippen LogP contribution in [0.25, 0.3) is 11.1 Å². The summed E-state index contributed by atoms with van der Waals surface area (Å²) in [6, 6.07) is 33.5. The fourth-order valence-corrected chi connectivity index (χ4v) is 2.96. The van der Waals surface area contributed by atoms with E-state index in [2.05, 4.69) is 88.7 Å². The van der Waals surface area contributed by atoms with E-state index in [0.717, 1.165) is 28.2 Å². The van der Waals surface area contributed by atoms with Gasteiger partial charge in [-0.2, -0.15) is 0 Å². The molecule has 4 aromatic rings. The molecule has 2 heteroatoms. The molecular weight excluding hydrogens is 328 g/mol. The number of pyridine rings is 1. The lowest BCUT2D eigenvalue weighted by Gasteiger charge is -2.25. The highest BCUT2D eigenvalue weighted by Gasteiger charge is 2.12. The van der Waals surface area contributed by atoms with E-state index in [4.69, 9.17) is 0 Å². The quantitative estimate of drug-likeness (QED) is 0.384. The molecule has 1 aromatic heterocycles. The molecule has 0 unspecified atom stereocenters. The topological polar surface area (TPSA) is 16.1 Å². The number of hydrogen-bond acceptors (Lipinski definition) is 2. The van der Waals surface area contributed by atoms with Gasteiger partial charge in [0.05, 0.1) is 0 Å². The van der Waals surface area contributed by atoms with Crippen LogP contribution >= 0.6 is 0 Å². The Hall–Kier alpha value is -3.39. The largest absolute Gasteiger partial charge is 0.310 e. The zero-order valence-corrected chi connectivity index (χ0v) is 15.8. The van der Waals surface area contributed by atoms with Crippen LogP contribution in [-0.4, -0.2) is 4.98 Å². The van der Waals surface area contributed by atoms with Gasteiger partial charge in [0.25, 0.3) is 0 Å². The van der Waals surface area contributed by atoms with Crippen molar-refractivity contribution in [1.82, 2.24) is 4.98 Å². The lowest BCUT2D eigenvalue weighted by atomic mass is 10.1. The van der Waals surface area contributed by atoms with Crippen LogP contribution in [0.15, 0.2) is 109 Å². The number of rotatable bonds is 4. The molecule has 4 rings (SSSR count). The van der Waals surface area contributed by atoms with Gasteiger partial charge in [-0.3, -0.25) is 4.98 Å². The van der Waals surface area contributed by atoms with Crippen LogP contribution < -0.4 is 4.90 Å². The molecule has 0 saturated carbocycles. The molecular formula is C25H24N2. The summed E-state index contributed by atoms with van der Waals surface area (Å²) in [5.41, 5.74) is 5.67. The second kappa shape index (κ2) is 9.35. The predicted molar refractivity (Wildman–Crippen MR) is 116 cm³/mol. The van der Waals surface area contributed by atoms with Crippen molar-refractivity contribution in [3.63, 3.8) is 0 Å². The minimum atomic E-state index is 1.12. The van der Waals surface area contributed by atoms with Crippen molar-refractivity contribution in [2.75, 3.05) is 4.90 Å². The fourth-order valence-electron chi connectivity index (χ4n) is 2.96. The van der Waals surface area contributed by atoms with Gasteiger partial charge in [-0.15, -0.1) is 0 Å². The maximum Gasteiger partial charge on any atom is 0.0467 e. The van der Waals surface area contributed by atoms with Crippen LogP contribution in [0.2, 0.25) is 0 Å². The Bertz CT molecular complexity index is 896. The summed E-state index contributed by atoms with van der Waals surface area (Å²) in [6.07, 6.45) is 3.70. The van der Waals surface area contributed by atoms with E-state index in [1.165, 1.54) is 0 Å². The van der Waals surface area contributed by atoms with E-state index in [1.807, 2.05) is 38.2 Å². The minimum Gasteiger partial charge on any atom is -0.310 e. The molecule has 0 spiro atoms. The van der Waals surface area contributed by atoms with Gasteiger partial charge in [0.1, 0.15) is 0 Å². The van der Waals surface area contributed by atoms with E-state index in [1.54, 1.807) is 6.20 Å². The second-order valence-corrected chi connectivity index (χ2v) is 5.80. The second-order valence-electron chi connectivity index (χ2n) is 5.80. The number of para-hydroxylation sites is 2. The summed E-state index contributed by atoms with van der Waals surface area (Å²) in [6.45, 7) is 4.00. The lowest BCUT2D eigenvalue weighted by Crippen LogP contribution is -2.09. The van der Waals surface area contributed by atoms with Crippen molar-refractivity contribution in [3.05, 3.63) is 109 Å². The Labute approximate surface area is 161 Å². The Balaban J connectivity index is 0.00000102.